The second-order valence-corrected chi connectivity index (χ2v) is 30.4. The first-order valence-corrected chi connectivity index (χ1v) is 44.2. The van der Waals surface area contributed by atoms with Crippen LogP contribution in [0.4, 0.5) is 52.4 Å². The zero-order chi connectivity index (χ0) is 98.3. The van der Waals surface area contributed by atoms with Gasteiger partial charge in [-0.1, -0.05) is 184 Å². The summed E-state index contributed by atoms with van der Waals surface area (Å²) >= 11 is 6.25. The predicted octanol–water partition coefficient (Wildman–Crippen LogP) is 13.0. The number of aromatic hydroxyl groups is 1. The molecule has 6 aromatic heterocycles. The number of likely N-dealkylation sites (N-methyl/N-ethyl adjacent to an activating group) is 1. The van der Waals surface area contributed by atoms with E-state index in [1.807, 2.05) is 223 Å². The van der Waals surface area contributed by atoms with Gasteiger partial charge in [0.25, 0.3) is 0 Å². The number of halogens is 2. The summed E-state index contributed by atoms with van der Waals surface area (Å²) < 4.78 is 37.6. The Bertz CT molecular complexity index is 6100. The summed E-state index contributed by atoms with van der Waals surface area (Å²) in [5.41, 5.74) is 13.0. The number of carboxylic acid groups (broad SMARTS) is 1. The Morgan fingerprint density at radius 3 is 1.15 bits per heavy atom. The molecule has 1 aliphatic heterocycles. The summed E-state index contributed by atoms with van der Waals surface area (Å²) in [6.07, 6.45) is 18.0. The average Bonchev–Trinajstić information content (AvgIpc) is 1.03. The van der Waals surface area contributed by atoms with Gasteiger partial charge in [0.05, 0.1) is 116 Å². The van der Waals surface area contributed by atoms with E-state index in [0.717, 1.165) is 105 Å². The maximum absolute atomic E-state index is 12.3. The maximum Gasteiger partial charge on any atom is 1.00 e. The maximum atomic E-state index is 12.3. The molecular formula is C98H105BBr2N18NaO17. The molecule has 0 bridgehead atoms. The molecule has 8 aromatic carbocycles. The summed E-state index contributed by atoms with van der Waals surface area (Å²) in [4.78, 5) is 122. The van der Waals surface area contributed by atoms with E-state index >= 15 is 0 Å². The van der Waals surface area contributed by atoms with Crippen LogP contribution in [0.2, 0.25) is 0 Å². The third kappa shape index (κ3) is 37.9. The van der Waals surface area contributed by atoms with Gasteiger partial charge in [-0.15, -0.1) is 0 Å². The second-order valence-electron chi connectivity index (χ2n) is 29.3. The van der Waals surface area contributed by atoms with E-state index in [1.165, 1.54) is 24.9 Å². The van der Waals surface area contributed by atoms with Gasteiger partial charge in [-0.3, -0.25) is 24.0 Å². The Labute approximate surface area is 833 Å². The molecule has 7 heterocycles. The number of carbonyl (C=O) groups excluding carboxylic acids is 6. The Morgan fingerprint density at radius 2 is 0.810 bits per heavy atom. The van der Waals surface area contributed by atoms with Crippen LogP contribution < -0.4 is 84.7 Å². The van der Waals surface area contributed by atoms with E-state index in [4.69, 9.17) is 33.8 Å². The molecule has 0 saturated heterocycles. The van der Waals surface area contributed by atoms with Crippen LogP contribution in [0.25, 0.3) is 17.1 Å². The molecule has 3 radical (unpaired) electrons. The first kappa shape index (κ1) is 109. The fourth-order valence-electron chi connectivity index (χ4n) is 12.3. The topological polar surface area (TPSA) is 428 Å². The molecule has 137 heavy (non-hydrogen) atoms. The second kappa shape index (κ2) is 58.3. The molecule has 14 aromatic rings. The molecule has 1 aliphatic rings. The van der Waals surface area contributed by atoms with Crippen LogP contribution in [0.1, 0.15) is 65.7 Å². The number of carboxylic acids is 1. The van der Waals surface area contributed by atoms with Crippen molar-refractivity contribution in [3.63, 3.8) is 0 Å². The number of anilines is 9. The first-order valence-electron chi connectivity index (χ1n) is 41.9. The molecule has 35 nitrogen and oxygen atoms in total. The van der Waals surface area contributed by atoms with Crippen LogP contribution >= 0.6 is 31.9 Å². The van der Waals surface area contributed by atoms with Gasteiger partial charge in [0.15, 0.2) is 40.5 Å². The number of rotatable bonds is 29. The van der Waals surface area contributed by atoms with Crippen molar-refractivity contribution < 1.29 is 111 Å². The minimum absolute atomic E-state index is 0. The average molecular weight is 2000 g/mol. The normalized spacial score (nSPS) is 11.0. The Morgan fingerprint density at radius 1 is 0.460 bits per heavy atom. The van der Waals surface area contributed by atoms with Gasteiger partial charge >= 0.3 is 47.5 Å². The van der Waals surface area contributed by atoms with Crippen molar-refractivity contribution in [1.29, 1.82) is 0 Å². The van der Waals surface area contributed by atoms with Crippen molar-refractivity contribution in [3.8, 4) is 51.6 Å². The molecule has 15 rings (SSSR count). The predicted molar refractivity (Wildman–Crippen MR) is 526 cm³/mol. The van der Waals surface area contributed by atoms with Gasteiger partial charge < -0.3 is 91.8 Å². The SMILES string of the molecule is CC(=O)OOC(C)=O.CNc1nc(Nc2ccc(-n3cnc(C)c3)c(OC)c2)ncc1O.CNc1nc(Nc2ccc(-n3cnc(C)c3)c(OC)c2)ncc1OCC(=O)Cc1ccccc1.COc1cc(Nc2ncc3c(n2)N(C)C(Cc2ccccc2)CO3)ccc1-n1cnc(C)c1.O=C(CBr)Cc1ccccc1.O=C(CBr)Cc1ccccc1.O=C(O)Cc1ccccc1.[B-]OC(C)=O.[Na+]. The van der Waals surface area contributed by atoms with E-state index in [1.54, 1.807) is 72.7 Å². The number of nitrogens with one attached hydrogen (secondary N) is 5. The van der Waals surface area contributed by atoms with Gasteiger partial charge in [-0.05, 0) is 91.4 Å². The molecule has 0 aliphatic carbocycles. The number of alkyl halides is 2. The van der Waals surface area contributed by atoms with Gasteiger partial charge in [0.2, 0.25) is 23.8 Å². The number of ether oxygens (including phenoxy) is 5. The molecule has 1 atom stereocenters. The first-order chi connectivity index (χ1) is 65.6. The van der Waals surface area contributed by atoms with E-state index in [2.05, 4.69) is 157 Å². The fraction of sp³-hybridized carbons (Fsp3) is 0.224. The molecule has 707 valence electrons. The van der Waals surface area contributed by atoms with Gasteiger partial charge in [-0.25, -0.2) is 49.3 Å². The Kier molecular flexibility index (Phi) is 46.5. The number of ketones is 3. The van der Waals surface area contributed by atoms with E-state index in [0.29, 0.717) is 89.0 Å². The third-order valence-electron chi connectivity index (χ3n) is 18.7. The monoisotopic (exact) mass is 2000 g/mol. The fourth-order valence-corrected chi connectivity index (χ4v) is 12.7. The third-order valence-corrected chi connectivity index (χ3v) is 19.9. The number of aliphatic carboxylic acids is 1. The molecule has 0 saturated carbocycles. The number of benzene rings is 8. The van der Waals surface area contributed by atoms with Gasteiger partial charge in [-0.2, -0.15) is 15.0 Å². The number of fused-ring (bicyclic) bond motifs is 1. The zero-order valence-electron chi connectivity index (χ0n) is 77.9. The number of nitrogens with zero attached hydrogens (tertiary/aromatic N) is 13. The van der Waals surface area contributed by atoms with E-state index < -0.39 is 23.9 Å². The van der Waals surface area contributed by atoms with Crippen LogP contribution in [-0.2, 0) is 80.1 Å². The molecule has 0 spiro atoms. The summed E-state index contributed by atoms with van der Waals surface area (Å²) in [5.74, 6) is 3.88. The van der Waals surface area contributed by atoms with Crippen molar-refractivity contribution in [2.75, 3.05) is 97.8 Å². The van der Waals surface area contributed by atoms with Crippen molar-refractivity contribution in [3.05, 3.63) is 307 Å². The van der Waals surface area contributed by atoms with Crippen LogP contribution in [-0.4, -0.2) is 190 Å². The number of aryl methyl sites for hydroxylation is 3. The largest absolute Gasteiger partial charge is 1.00 e. The molecular weight excluding hydrogens is 1890 g/mol. The van der Waals surface area contributed by atoms with Gasteiger partial charge in [0.1, 0.15) is 42.0 Å². The number of hydrogen-bond donors (Lipinski definition) is 7. The minimum atomic E-state index is -0.786. The summed E-state index contributed by atoms with van der Waals surface area (Å²) in [7, 11) is 14.7. The van der Waals surface area contributed by atoms with Crippen LogP contribution in [0, 0.1) is 20.8 Å². The van der Waals surface area contributed by atoms with Crippen LogP contribution in [0.3, 0.4) is 0 Å². The van der Waals surface area contributed by atoms with Crippen molar-refractivity contribution in [2.45, 2.75) is 79.7 Å². The number of aromatic nitrogens is 12. The zero-order valence-corrected chi connectivity index (χ0v) is 83.1. The molecule has 1 unspecified atom stereocenters. The van der Waals surface area contributed by atoms with E-state index in [-0.39, 0.29) is 71.7 Å². The molecule has 39 heteroatoms. The summed E-state index contributed by atoms with van der Waals surface area (Å²) in [6, 6.07) is 66.0. The summed E-state index contributed by atoms with van der Waals surface area (Å²) in [5, 5.41) is 34.2. The molecule has 7 N–H and O–H groups in total. The van der Waals surface area contributed by atoms with Crippen molar-refractivity contribution in [2.24, 2.45) is 0 Å². The Hall–Kier alpha value is -14.9. The van der Waals surface area contributed by atoms with Gasteiger partial charge in [0, 0.05) is 115 Å². The van der Waals surface area contributed by atoms with E-state index in [9.17, 15) is 38.7 Å². The smallest absolute Gasteiger partial charge is 0.793 e. The molecule has 0 fully saturated rings. The van der Waals surface area contributed by atoms with Crippen molar-refractivity contribution in [1.82, 2.24) is 58.6 Å². The quantitative estimate of drug-likeness (QED) is 0.00990. The number of carbonyl (C=O) groups is 7. The van der Waals surface area contributed by atoms with Crippen molar-refractivity contribution >= 4 is 133 Å². The Balaban J connectivity index is 0.000000229. The molecule has 0 amide bonds. The number of hydrogen-bond acceptors (Lipinski definition) is 31. The standard InChI is InChI=1S/C25H26N6O3.C25H26N6O2.C16H18N6O2.2C9H9BrO.C8H8O2.C4H6O4.C2H3BO2.Na/c1-17-14-31(16-28-17)21-10-9-19(12-22(21)33-3)29-25-27-13-23(24(26-2)30-25)34-15-20(32)11-18-7-5-4-6-8-18;1-17-14-31(16-27-17)21-10-9-19(12-22(21)32-3)28-25-26-13-23-24(29-25)30(2)20(15-33-23)11-18-7-5-4-6-8-18;1-10-8-22(9-19-10)12-5-4-11(6-14(12)24-3)20-16-18-7-13(23)15(17-2)21-16;2*10-7-9(11)6-8-4-2-1-3-5-8;9-8(10)6-7-4-2-1-3-5-7;1-3(5)7-8-4(2)6;1-2(4)5-3;/h4-10,12-14,16H,11,15H2,1-3H3,(H2,26,27,29,30);4-10,12-14,16,20H,11,15H2,1-3H3,(H,26,28,29);4-9,23H,1-3H3,(H2,17,18,20,21);2*1-5H,6-7H2;1-5H,6H2,(H,9,10);1-2H3;1H3;/q;;;;;;;-1;+1. The van der Waals surface area contributed by atoms with Crippen LogP contribution in [0.15, 0.2) is 262 Å². The minimum Gasteiger partial charge on any atom is -0.793 e. The number of methoxy groups -OCH3 is 3. The number of Topliss-reactive ketones (excluding diaryl/α,β-unsaturated/α-hetero) is 3. The summed E-state index contributed by atoms with van der Waals surface area (Å²) in [6.45, 7) is 9.87. The van der Waals surface area contributed by atoms with Crippen LogP contribution in [0.5, 0.6) is 34.5 Å². The number of imidazole rings is 3.